The molecule has 1 aromatic carbocycles. The summed E-state index contributed by atoms with van der Waals surface area (Å²) in [4.78, 5) is 19.3. The van der Waals surface area contributed by atoms with Gasteiger partial charge in [-0.2, -0.15) is 13.9 Å². The summed E-state index contributed by atoms with van der Waals surface area (Å²) in [5.41, 5.74) is 0.762. The van der Waals surface area contributed by atoms with Gasteiger partial charge in [-0.3, -0.25) is 9.52 Å². The lowest BCUT2D eigenvalue weighted by Gasteiger charge is -2.31. The van der Waals surface area contributed by atoms with E-state index in [1.54, 1.807) is 11.0 Å². The minimum absolute atomic E-state index is 0.0207. The normalized spacial score (nSPS) is 18.7. The van der Waals surface area contributed by atoms with Gasteiger partial charge in [0.1, 0.15) is 11.9 Å². The Morgan fingerprint density at radius 1 is 1.15 bits per heavy atom. The number of rotatable bonds is 8. The number of fused-ring (bicyclic) bond motifs is 1. The number of piperidine rings is 1. The molecular weight excluding hydrogens is 544 g/mol. The van der Waals surface area contributed by atoms with E-state index in [4.69, 9.17) is 5.11 Å². The second-order valence-electron chi connectivity index (χ2n) is 9.36. The Morgan fingerprint density at radius 2 is 1.87 bits per heavy atom. The van der Waals surface area contributed by atoms with Crippen molar-refractivity contribution >= 4 is 44.2 Å². The number of amides is 1. The largest absolute Gasteiger partial charge is 0.395 e. The number of carbonyl (C=O) groups is 1. The van der Waals surface area contributed by atoms with Crippen LogP contribution in [0.3, 0.4) is 0 Å². The Kier molecular flexibility index (Phi) is 6.97. The molecule has 10 nitrogen and oxygen atoms in total. The predicted octanol–water partition coefficient (Wildman–Crippen LogP) is 3.75. The molecule has 2 aliphatic rings. The molecule has 15 heteroatoms. The number of benzene rings is 1. The molecule has 0 unspecified atom stereocenters. The van der Waals surface area contributed by atoms with Gasteiger partial charge in [-0.25, -0.2) is 26.9 Å². The van der Waals surface area contributed by atoms with Crippen molar-refractivity contribution in [3.8, 4) is 0 Å². The number of aliphatic hydroxyl groups is 1. The number of nitrogens with zero attached hydrogens (tertiary/aromatic N) is 4. The van der Waals surface area contributed by atoms with E-state index >= 15 is 0 Å². The van der Waals surface area contributed by atoms with Crippen molar-refractivity contribution in [3.05, 3.63) is 53.7 Å². The Morgan fingerprint density at radius 3 is 2.51 bits per heavy atom. The number of hydrogen-bond acceptors (Lipinski definition) is 7. The SMILES string of the molecule is O=C(Nc1ccc2cnn([C@@H]3CC3(F)F)c2n1)c1ccc(NS(=O)(=O)CCO)cc1N1CCC(=C(F)F)CC1. The Labute approximate surface area is 220 Å². The van der Waals surface area contributed by atoms with E-state index in [1.807, 2.05) is 0 Å². The van der Waals surface area contributed by atoms with Crippen LogP contribution >= 0.6 is 0 Å². The lowest BCUT2D eigenvalue weighted by atomic mass is 10.0. The van der Waals surface area contributed by atoms with Crippen LogP contribution in [0, 0.1) is 0 Å². The number of anilines is 3. The van der Waals surface area contributed by atoms with E-state index in [0.717, 1.165) is 4.68 Å². The monoisotopic (exact) mass is 568 g/mol. The Bertz CT molecular complexity index is 1560. The molecule has 3 aromatic rings. The molecule has 2 aromatic heterocycles. The zero-order chi connectivity index (χ0) is 27.9. The summed E-state index contributed by atoms with van der Waals surface area (Å²) in [6, 6.07) is 6.16. The molecular formula is C24H24F4N6O4S. The minimum atomic E-state index is -3.86. The quantitative estimate of drug-likeness (QED) is 0.353. The molecule has 0 spiro atoms. The average Bonchev–Trinajstić information content (AvgIpc) is 3.31. The smallest absolute Gasteiger partial charge is 0.272 e. The van der Waals surface area contributed by atoms with Gasteiger partial charge in [0.05, 0.1) is 35.5 Å². The van der Waals surface area contributed by atoms with Crippen molar-refractivity contribution in [1.29, 1.82) is 0 Å². The predicted molar refractivity (Wildman–Crippen MR) is 136 cm³/mol. The summed E-state index contributed by atoms with van der Waals surface area (Å²) in [5.74, 6) is -3.94. The number of nitrogens with one attached hydrogen (secondary N) is 2. The van der Waals surface area contributed by atoms with Crippen molar-refractivity contribution in [2.45, 2.75) is 31.2 Å². The van der Waals surface area contributed by atoms with Crippen LogP contribution in [0.1, 0.15) is 35.7 Å². The van der Waals surface area contributed by atoms with Gasteiger partial charge >= 0.3 is 0 Å². The van der Waals surface area contributed by atoms with Crippen LogP contribution < -0.4 is 14.9 Å². The number of aliphatic hydroxyl groups excluding tert-OH is 1. The molecule has 39 heavy (non-hydrogen) atoms. The lowest BCUT2D eigenvalue weighted by molar-refractivity contribution is 0.0988. The fourth-order valence-corrected chi connectivity index (χ4v) is 5.30. The van der Waals surface area contributed by atoms with Gasteiger partial charge in [0, 0.05) is 24.9 Å². The minimum Gasteiger partial charge on any atom is -0.395 e. The fraction of sp³-hybridized carbons (Fsp3) is 0.375. The van der Waals surface area contributed by atoms with Crippen LogP contribution in [0.4, 0.5) is 34.8 Å². The van der Waals surface area contributed by atoms with E-state index in [0.29, 0.717) is 11.1 Å². The van der Waals surface area contributed by atoms with Gasteiger partial charge in [0.15, 0.2) is 5.65 Å². The second-order valence-corrected chi connectivity index (χ2v) is 11.2. The van der Waals surface area contributed by atoms with Gasteiger partial charge in [-0.1, -0.05) is 0 Å². The third kappa shape index (κ3) is 5.68. The summed E-state index contributed by atoms with van der Waals surface area (Å²) in [6.45, 7) is -0.259. The van der Waals surface area contributed by atoms with Crippen LogP contribution in [0.2, 0.25) is 0 Å². The molecule has 2 fully saturated rings. The molecule has 1 saturated carbocycles. The number of sulfonamides is 1. The highest BCUT2D eigenvalue weighted by Crippen LogP contribution is 2.52. The van der Waals surface area contributed by atoms with Gasteiger partial charge in [0.2, 0.25) is 10.0 Å². The summed E-state index contributed by atoms with van der Waals surface area (Å²) in [6.07, 6.45) is -0.534. The maximum atomic E-state index is 13.6. The number of pyridine rings is 1. The molecule has 0 radical (unpaired) electrons. The number of alkyl halides is 2. The molecule has 208 valence electrons. The van der Waals surface area contributed by atoms with E-state index in [9.17, 15) is 30.8 Å². The summed E-state index contributed by atoms with van der Waals surface area (Å²) < 4.78 is 81.2. The molecule has 1 saturated heterocycles. The molecule has 3 heterocycles. The third-order valence-electron chi connectivity index (χ3n) is 6.62. The molecule has 3 N–H and O–H groups in total. The van der Waals surface area contributed by atoms with Crippen LogP contribution in [0.15, 0.2) is 48.2 Å². The van der Waals surface area contributed by atoms with E-state index in [-0.39, 0.29) is 60.6 Å². The van der Waals surface area contributed by atoms with E-state index in [1.165, 1.54) is 30.5 Å². The molecule has 1 aliphatic carbocycles. The topological polar surface area (TPSA) is 129 Å². The second kappa shape index (κ2) is 10.1. The summed E-state index contributed by atoms with van der Waals surface area (Å²) in [5, 5.41) is 16.2. The summed E-state index contributed by atoms with van der Waals surface area (Å²) in [7, 11) is -3.86. The fourth-order valence-electron chi connectivity index (χ4n) is 4.47. The summed E-state index contributed by atoms with van der Waals surface area (Å²) >= 11 is 0. The molecule has 5 rings (SSSR count). The first-order valence-corrected chi connectivity index (χ1v) is 13.7. The highest BCUT2D eigenvalue weighted by atomic mass is 32.2. The highest BCUT2D eigenvalue weighted by molar-refractivity contribution is 7.92. The first-order chi connectivity index (χ1) is 18.5. The van der Waals surface area contributed by atoms with Crippen LogP contribution in [-0.2, 0) is 10.0 Å². The standard InChI is InChI=1S/C24H24F4N6O4S/c25-21(26)14-5-7-33(8-6-14)18-11-16(32-39(37,38)10-9-35)2-3-17(18)23(36)31-20-4-1-15-13-29-34(22(15)30-20)19-12-24(19,27)28/h1-4,11,13,19,32,35H,5-10,12H2,(H,30,31,36)/t19-/m1/s1. The van der Waals surface area contributed by atoms with Gasteiger partial charge in [-0.15, -0.1) is 0 Å². The highest BCUT2D eigenvalue weighted by Gasteiger charge is 2.59. The van der Waals surface area contributed by atoms with Crippen LogP contribution in [-0.4, -0.2) is 65.6 Å². The van der Waals surface area contributed by atoms with Gasteiger partial charge in [0.25, 0.3) is 17.9 Å². The maximum absolute atomic E-state index is 13.6. The van der Waals surface area contributed by atoms with Gasteiger partial charge in [-0.05, 0) is 48.7 Å². The van der Waals surface area contributed by atoms with Crippen LogP contribution in [0.25, 0.3) is 11.0 Å². The zero-order valence-electron chi connectivity index (χ0n) is 20.4. The van der Waals surface area contributed by atoms with Crippen LogP contribution in [0.5, 0.6) is 0 Å². The first kappa shape index (κ1) is 26.9. The van der Waals surface area contributed by atoms with Gasteiger partial charge < -0.3 is 15.3 Å². The van der Waals surface area contributed by atoms with Crippen molar-refractivity contribution in [2.75, 3.05) is 40.4 Å². The number of halogens is 4. The first-order valence-electron chi connectivity index (χ1n) is 12.0. The number of aromatic nitrogens is 3. The molecule has 0 bridgehead atoms. The lowest BCUT2D eigenvalue weighted by Crippen LogP contribution is -2.32. The third-order valence-corrected chi connectivity index (χ3v) is 7.89. The van der Waals surface area contributed by atoms with Crippen molar-refractivity contribution in [3.63, 3.8) is 0 Å². The average molecular weight is 569 g/mol. The Balaban J connectivity index is 1.44. The van der Waals surface area contributed by atoms with Crippen molar-refractivity contribution < 1.29 is 35.9 Å². The molecule has 1 amide bonds. The zero-order valence-corrected chi connectivity index (χ0v) is 21.2. The molecule has 1 aliphatic heterocycles. The number of hydrogen-bond donors (Lipinski definition) is 3. The number of carbonyl (C=O) groups excluding carboxylic acids is 1. The Hall–Kier alpha value is -3.72. The van der Waals surface area contributed by atoms with Crippen molar-refractivity contribution in [1.82, 2.24) is 14.8 Å². The molecule has 1 atom stereocenters. The van der Waals surface area contributed by atoms with E-state index in [2.05, 4.69) is 20.1 Å². The van der Waals surface area contributed by atoms with Crippen molar-refractivity contribution in [2.24, 2.45) is 0 Å². The van der Waals surface area contributed by atoms with E-state index < -0.39 is 46.3 Å². The maximum Gasteiger partial charge on any atom is 0.272 e.